The van der Waals surface area contributed by atoms with Crippen molar-refractivity contribution >= 4 is 17.9 Å². The highest BCUT2D eigenvalue weighted by Gasteiger charge is 2.62. The van der Waals surface area contributed by atoms with Crippen LogP contribution in [-0.4, -0.2) is 69.3 Å². The Balaban J connectivity index is 1.51. The second kappa shape index (κ2) is 14.3. The van der Waals surface area contributed by atoms with Crippen molar-refractivity contribution in [3.05, 3.63) is 119 Å². The van der Waals surface area contributed by atoms with E-state index in [0.29, 0.717) is 24.0 Å². The molecular formula is C39H42N2O9. The molecule has 0 amide bonds. The van der Waals surface area contributed by atoms with E-state index < -0.39 is 52.7 Å². The van der Waals surface area contributed by atoms with Crippen molar-refractivity contribution in [2.75, 3.05) is 6.61 Å². The minimum Gasteiger partial charge on any atom is -0.461 e. The van der Waals surface area contributed by atoms with Gasteiger partial charge in [0, 0.05) is 37.1 Å². The number of epoxide rings is 1. The average Bonchev–Trinajstić information content (AvgIpc) is 3.60. The Hall–Kier alpha value is -4.71. The van der Waals surface area contributed by atoms with Gasteiger partial charge in [0.15, 0.2) is 0 Å². The Kier molecular flexibility index (Phi) is 10.0. The van der Waals surface area contributed by atoms with Crippen LogP contribution in [0.1, 0.15) is 84.5 Å². The first-order chi connectivity index (χ1) is 24.0. The van der Waals surface area contributed by atoms with Crippen LogP contribution in [0.5, 0.6) is 0 Å². The van der Waals surface area contributed by atoms with Gasteiger partial charge in [-0.3, -0.25) is 15.2 Å². The highest BCUT2D eigenvalue weighted by Crippen LogP contribution is 2.57. The van der Waals surface area contributed by atoms with Gasteiger partial charge in [-0.25, -0.2) is 19.3 Å². The number of pyridine rings is 2. The molecule has 3 aromatic rings. The summed E-state index contributed by atoms with van der Waals surface area (Å²) in [5, 5.41) is 10.3. The molecular weight excluding hydrogens is 640 g/mol. The Morgan fingerprint density at radius 2 is 1.56 bits per heavy atom. The largest absolute Gasteiger partial charge is 0.461 e. The zero-order valence-corrected chi connectivity index (χ0v) is 28.6. The van der Waals surface area contributed by atoms with Gasteiger partial charge >= 0.3 is 17.9 Å². The number of rotatable bonds is 9. The first-order valence-electron chi connectivity index (χ1n) is 16.8. The molecule has 1 N–H and O–H groups in total. The summed E-state index contributed by atoms with van der Waals surface area (Å²) < 4.78 is 25.2. The van der Waals surface area contributed by atoms with Crippen LogP contribution < -0.4 is 0 Å². The summed E-state index contributed by atoms with van der Waals surface area (Å²) in [7, 11) is 0. The van der Waals surface area contributed by atoms with Crippen LogP contribution >= 0.6 is 0 Å². The average molecular weight is 683 g/mol. The number of benzene rings is 1. The van der Waals surface area contributed by atoms with Gasteiger partial charge in [-0.05, 0) is 95.0 Å². The molecule has 50 heavy (non-hydrogen) atoms. The fourth-order valence-electron chi connectivity index (χ4n) is 7.32. The van der Waals surface area contributed by atoms with Crippen LogP contribution in [0, 0.1) is 11.3 Å². The summed E-state index contributed by atoms with van der Waals surface area (Å²) in [6.07, 6.45) is 9.59. The number of allylic oxidation sites excluding steroid dienone is 2. The maximum Gasteiger partial charge on any atom is 0.340 e. The quantitative estimate of drug-likeness (QED) is 0.0653. The molecule has 1 aromatic carbocycles. The second-order valence-corrected chi connectivity index (χ2v) is 14.0. The highest BCUT2D eigenvalue weighted by atomic mass is 17.1. The summed E-state index contributed by atoms with van der Waals surface area (Å²) in [6.45, 7) is 7.12. The molecule has 2 aromatic heterocycles. The van der Waals surface area contributed by atoms with Crippen molar-refractivity contribution in [3.63, 3.8) is 0 Å². The van der Waals surface area contributed by atoms with Crippen LogP contribution in [0.2, 0.25) is 0 Å². The lowest BCUT2D eigenvalue weighted by molar-refractivity contribution is -0.303. The van der Waals surface area contributed by atoms with Gasteiger partial charge in [-0.15, -0.1) is 0 Å². The fraction of sp³-hybridized carbons (Fsp3) is 0.410. The lowest BCUT2D eigenvalue weighted by Crippen LogP contribution is -2.53. The molecule has 1 aliphatic heterocycles. The van der Waals surface area contributed by atoms with E-state index >= 15 is 0 Å². The molecule has 2 aliphatic carbocycles. The standard InChI is InChI=1S/C39H42N2O9/c1-25-14-15-31-38(4,49-31)21-30(47-35(43)27-12-8-18-40-22-27)33-29(37(2,3)50-45)16-17-39(33,24-46-34(42)26-10-6-5-7-11-26)32(20-25)48-36(44)28-13-9-19-41-23-28/h5-13,16,18-20,22-23,30-33,45H,14-15,17,21,24H2,1-4H3/b25-20+/t30-,31+,32+,33?,38+,39+/m1/s1. The van der Waals surface area contributed by atoms with Crippen molar-refractivity contribution in [2.24, 2.45) is 11.3 Å². The van der Waals surface area contributed by atoms with Crippen LogP contribution in [0.15, 0.2) is 103 Å². The molecule has 1 fully saturated rings. The second-order valence-electron chi connectivity index (χ2n) is 14.0. The van der Waals surface area contributed by atoms with E-state index in [1.165, 1.54) is 12.4 Å². The van der Waals surface area contributed by atoms with Gasteiger partial charge in [0.2, 0.25) is 0 Å². The van der Waals surface area contributed by atoms with E-state index in [9.17, 15) is 19.6 Å². The molecule has 262 valence electrons. The van der Waals surface area contributed by atoms with E-state index in [4.69, 9.17) is 23.8 Å². The molecule has 3 aliphatic rings. The highest BCUT2D eigenvalue weighted by molar-refractivity contribution is 5.90. The van der Waals surface area contributed by atoms with Crippen LogP contribution in [0.25, 0.3) is 0 Å². The summed E-state index contributed by atoms with van der Waals surface area (Å²) in [5.74, 6) is -2.61. The number of hydrogen-bond acceptors (Lipinski definition) is 11. The number of esters is 3. The number of hydrogen-bond donors (Lipinski definition) is 1. The van der Waals surface area contributed by atoms with Gasteiger partial charge in [0.1, 0.15) is 24.4 Å². The van der Waals surface area contributed by atoms with E-state index in [-0.39, 0.29) is 36.7 Å². The predicted molar refractivity (Wildman–Crippen MR) is 181 cm³/mol. The van der Waals surface area contributed by atoms with Crippen molar-refractivity contribution in [3.8, 4) is 0 Å². The van der Waals surface area contributed by atoms with Gasteiger partial charge < -0.3 is 18.9 Å². The Morgan fingerprint density at radius 1 is 0.920 bits per heavy atom. The molecule has 3 heterocycles. The predicted octanol–water partition coefficient (Wildman–Crippen LogP) is 6.57. The molecule has 11 heteroatoms. The van der Waals surface area contributed by atoms with Gasteiger partial charge in [-0.2, -0.15) is 0 Å². The first kappa shape index (κ1) is 35.1. The van der Waals surface area contributed by atoms with Crippen molar-refractivity contribution < 1.29 is 43.5 Å². The molecule has 0 bridgehead atoms. The zero-order chi connectivity index (χ0) is 35.5. The molecule has 11 nitrogen and oxygen atoms in total. The van der Waals surface area contributed by atoms with E-state index in [1.54, 1.807) is 80.8 Å². The van der Waals surface area contributed by atoms with E-state index in [0.717, 1.165) is 5.57 Å². The maximum atomic E-state index is 13.8. The normalized spacial score (nSPS) is 28.7. The number of ether oxygens (including phenoxy) is 4. The fourth-order valence-corrected chi connectivity index (χ4v) is 7.32. The molecule has 0 saturated carbocycles. The lowest BCUT2D eigenvalue weighted by atomic mass is 9.65. The third kappa shape index (κ3) is 7.26. The monoisotopic (exact) mass is 682 g/mol. The summed E-state index contributed by atoms with van der Waals surface area (Å²) in [6, 6.07) is 15.1. The first-order valence-corrected chi connectivity index (χ1v) is 16.8. The third-order valence-electron chi connectivity index (χ3n) is 10.2. The SMILES string of the molecule is C/C1=C\[C@H](OC(=O)c2cccnc2)[C@@]2(COC(=O)c3ccccc3)CC=C(C(C)(C)OO)C2[C@H](OC(=O)c2cccnc2)C[C@]2(C)O[C@H]2CC1. The Bertz CT molecular complexity index is 1760. The lowest BCUT2D eigenvalue weighted by Gasteiger charge is -2.46. The maximum absolute atomic E-state index is 13.8. The van der Waals surface area contributed by atoms with E-state index in [2.05, 4.69) is 9.97 Å². The molecule has 6 rings (SSSR count). The minimum absolute atomic E-state index is 0.110. The van der Waals surface area contributed by atoms with Gasteiger partial charge in [0.25, 0.3) is 0 Å². The van der Waals surface area contributed by atoms with Gasteiger partial charge in [0.05, 0.1) is 33.8 Å². The molecule has 1 saturated heterocycles. The van der Waals surface area contributed by atoms with Gasteiger partial charge in [-0.1, -0.05) is 29.8 Å². The number of carbonyl (C=O) groups excluding carboxylic acids is 3. The van der Waals surface area contributed by atoms with E-state index in [1.807, 2.05) is 26.0 Å². The topological polar surface area (TPSA) is 147 Å². The van der Waals surface area contributed by atoms with Crippen molar-refractivity contribution in [1.29, 1.82) is 0 Å². The van der Waals surface area contributed by atoms with Crippen LogP contribution in [0.4, 0.5) is 0 Å². The number of carbonyl (C=O) groups is 3. The number of fused-ring (bicyclic) bond motifs is 2. The van der Waals surface area contributed by atoms with Crippen molar-refractivity contribution in [2.45, 2.75) is 82.9 Å². The molecule has 0 radical (unpaired) electrons. The summed E-state index contributed by atoms with van der Waals surface area (Å²) >= 11 is 0. The Labute approximate surface area is 291 Å². The molecule has 1 unspecified atom stereocenters. The van der Waals surface area contributed by atoms with Crippen molar-refractivity contribution in [1.82, 2.24) is 9.97 Å². The van der Waals surface area contributed by atoms with Crippen LogP contribution in [-0.2, 0) is 23.8 Å². The molecule has 6 atom stereocenters. The minimum atomic E-state index is -1.28. The zero-order valence-electron chi connectivity index (χ0n) is 28.6. The number of aromatic nitrogens is 2. The number of nitrogens with zero attached hydrogens (tertiary/aromatic N) is 2. The van der Waals surface area contributed by atoms with Crippen LogP contribution in [0.3, 0.4) is 0 Å². The smallest absolute Gasteiger partial charge is 0.340 e. The third-order valence-corrected chi connectivity index (χ3v) is 10.2. The molecule has 0 spiro atoms. The summed E-state index contributed by atoms with van der Waals surface area (Å²) in [4.78, 5) is 54.5. The Morgan fingerprint density at radius 3 is 2.18 bits per heavy atom. The summed E-state index contributed by atoms with van der Waals surface area (Å²) in [5.41, 5.74) is -0.790.